The highest BCUT2D eigenvalue weighted by Gasteiger charge is 2.63. The van der Waals surface area contributed by atoms with Crippen molar-refractivity contribution in [2.75, 3.05) is 6.54 Å². The van der Waals surface area contributed by atoms with Crippen LogP contribution in [-0.4, -0.2) is 46.8 Å². The minimum Gasteiger partial charge on any atom is -0.480 e. The van der Waals surface area contributed by atoms with Crippen molar-refractivity contribution in [2.45, 2.75) is 168 Å². The summed E-state index contributed by atoms with van der Waals surface area (Å²) in [6.07, 6.45) is 45.0. The molecule has 0 aromatic carbocycles. The van der Waals surface area contributed by atoms with Gasteiger partial charge in [-0.25, -0.2) is 0 Å². The molecule has 4 rings (SSSR count). The first kappa shape index (κ1) is 46.5. The van der Waals surface area contributed by atoms with Crippen LogP contribution in [0.15, 0.2) is 72.9 Å². The van der Waals surface area contributed by atoms with Crippen LogP contribution in [0, 0.1) is 46.3 Å². The van der Waals surface area contributed by atoms with Crippen LogP contribution in [0.5, 0.6) is 0 Å². The first-order valence-corrected chi connectivity index (χ1v) is 22.8. The maximum absolute atomic E-state index is 12.9. The number of unbranched alkanes of at least 4 members (excludes halogenated alkanes) is 2. The molecule has 7 heteroatoms. The summed E-state index contributed by atoms with van der Waals surface area (Å²) in [5, 5.41) is 23.3. The highest BCUT2D eigenvalue weighted by atomic mass is 16.5. The van der Waals surface area contributed by atoms with Gasteiger partial charge in [-0.05, 0) is 162 Å². The number of allylic oxidation sites excluding steroid dienone is 12. The second-order valence-electron chi connectivity index (χ2n) is 18.2. The van der Waals surface area contributed by atoms with Crippen LogP contribution < -0.4 is 5.32 Å². The predicted octanol–water partition coefficient (Wildman–Crippen LogP) is 11.4. The van der Waals surface area contributed by atoms with Gasteiger partial charge in [0.1, 0.15) is 12.6 Å². The van der Waals surface area contributed by atoms with Gasteiger partial charge in [0.2, 0.25) is 5.91 Å². The van der Waals surface area contributed by atoms with E-state index in [0.29, 0.717) is 48.9 Å². The number of hydrogen-bond acceptors (Lipinski definition) is 5. The van der Waals surface area contributed by atoms with E-state index in [1.165, 1.54) is 12.8 Å². The van der Waals surface area contributed by atoms with Crippen LogP contribution in [0.3, 0.4) is 0 Å². The number of nitrogens with one attached hydrogen (secondary N) is 1. The minimum atomic E-state index is -1.03. The Bertz CT molecular complexity index is 1440. The number of aliphatic hydroxyl groups is 1. The average Bonchev–Trinajstić information content (AvgIpc) is 3.55. The Kier molecular flexibility index (Phi) is 19.6. The Hall–Kier alpha value is -3.19. The number of carbonyl (C=O) groups excluding carboxylic acids is 2. The number of fused-ring (bicyclic) bond motifs is 5. The van der Waals surface area contributed by atoms with Crippen molar-refractivity contribution in [3.8, 4) is 0 Å². The zero-order valence-corrected chi connectivity index (χ0v) is 35.9. The van der Waals surface area contributed by atoms with E-state index in [2.05, 4.69) is 106 Å². The van der Waals surface area contributed by atoms with Crippen LogP contribution in [0.4, 0.5) is 0 Å². The fourth-order valence-corrected chi connectivity index (χ4v) is 11.5. The third-order valence-corrected chi connectivity index (χ3v) is 14.6. The van der Waals surface area contributed by atoms with E-state index in [0.717, 1.165) is 96.3 Å². The van der Waals surface area contributed by atoms with Crippen molar-refractivity contribution in [2.24, 2.45) is 46.3 Å². The summed E-state index contributed by atoms with van der Waals surface area (Å²) >= 11 is 0. The summed E-state index contributed by atoms with van der Waals surface area (Å²) in [6.45, 7) is 8.83. The molecule has 0 heterocycles. The highest BCUT2D eigenvalue weighted by Crippen LogP contribution is 2.68. The van der Waals surface area contributed by atoms with Gasteiger partial charge < -0.3 is 20.3 Å². The molecule has 10 atom stereocenters. The Balaban J connectivity index is 1.09. The second-order valence-corrected chi connectivity index (χ2v) is 18.2. The third-order valence-electron chi connectivity index (χ3n) is 14.6. The van der Waals surface area contributed by atoms with Crippen molar-refractivity contribution in [1.82, 2.24) is 5.32 Å². The molecule has 4 aliphatic carbocycles. The molecular weight excluding hydrogens is 711 g/mol. The standard InChI is InChI=1S/C50H77NO6/c1-5-6-7-8-9-10-11-12-13-14-15-16-17-18-19-20-21-22-23-24-25-26-48(56)57-40-33-34-49(3)39(35-40)28-29-41-43-31-30-42(50(43,4)45(52)36-44(41)49)38(2)27-32-46(53)51-37-47(54)55/h6-7,9-10,12-13,15-16,18-19,21-22,38-45,52H,5,8,11,14,17,20,23-37H2,1-4H3,(H,51,53)(H,54,55)/b7-6-,10-9-,13-12-,16-15-,19-18-,22-21-. The molecule has 0 bridgehead atoms. The number of carboxylic acids is 1. The summed E-state index contributed by atoms with van der Waals surface area (Å²) < 4.78 is 6.09. The normalized spacial score (nSPS) is 32.1. The topological polar surface area (TPSA) is 113 Å². The van der Waals surface area contributed by atoms with Gasteiger partial charge in [-0.3, -0.25) is 14.4 Å². The molecule has 0 saturated heterocycles. The highest BCUT2D eigenvalue weighted by molar-refractivity contribution is 5.81. The van der Waals surface area contributed by atoms with Crippen molar-refractivity contribution in [3.05, 3.63) is 72.9 Å². The molecular formula is C50H77NO6. The molecule has 4 aliphatic rings. The molecule has 4 fully saturated rings. The molecule has 0 aromatic heterocycles. The summed E-state index contributed by atoms with van der Waals surface area (Å²) in [5.41, 5.74) is 0.0131. The second kappa shape index (κ2) is 24.0. The largest absolute Gasteiger partial charge is 0.480 e. The predicted molar refractivity (Wildman–Crippen MR) is 232 cm³/mol. The van der Waals surface area contributed by atoms with Crippen LogP contribution >= 0.6 is 0 Å². The van der Waals surface area contributed by atoms with E-state index >= 15 is 0 Å². The zero-order chi connectivity index (χ0) is 41.1. The Morgan fingerprint density at radius 2 is 1.37 bits per heavy atom. The number of aliphatic hydroxyl groups excluding tert-OH is 1. The summed E-state index contributed by atoms with van der Waals surface area (Å²) in [7, 11) is 0. The molecule has 0 aromatic rings. The molecule has 0 spiro atoms. The number of carboxylic acid groups (broad SMARTS) is 1. The number of hydrogen-bond donors (Lipinski definition) is 3. The van der Waals surface area contributed by atoms with E-state index < -0.39 is 5.97 Å². The van der Waals surface area contributed by atoms with Crippen molar-refractivity contribution in [1.29, 1.82) is 0 Å². The number of esters is 1. The summed E-state index contributed by atoms with van der Waals surface area (Å²) in [4.78, 5) is 36.0. The van der Waals surface area contributed by atoms with Crippen molar-refractivity contribution in [3.63, 3.8) is 0 Å². The number of aliphatic carboxylic acids is 1. The SMILES string of the molecule is CC/C=C\C/C=C\C/C=C\C/C=C\C/C=C\C/C=C\CCCCC(=O)OC1CCC2(C)C(CCC3C2CC(O)C2(C)C(C(C)CCC(=O)NCC(=O)O)CCC32)C1. The van der Waals surface area contributed by atoms with Crippen LogP contribution in [0.2, 0.25) is 0 Å². The lowest BCUT2D eigenvalue weighted by atomic mass is 9.43. The van der Waals surface area contributed by atoms with E-state index in [-0.39, 0.29) is 47.4 Å². The van der Waals surface area contributed by atoms with Gasteiger partial charge in [0.05, 0.1) is 6.10 Å². The van der Waals surface area contributed by atoms with Crippen LogP contribution in [0.1, 0.15) is 156 Å². The van der Waals surface area contributed by atoms with Gasteiger partial charge in [0.25, 0.3) is 0 Å². The Morgan fingerprint density at radius 1 is 0.754 bits per heavy atom. The quantitative estimate of drug-likeness (QED) is 0.0540. The number of ether oxygens (including phenoxy) is 1. The molecule has 1 amide bonds. The van der Waals surface area contributed by atoms with E-state index in [1.807, 2.05) is 0 Å². The first-order valence-electron chi connectivity index (χ1n) is 22.8. The zero-order valence-electron chi connectivity index (χ0n) is 35.9. The van der Waals surface area contributed by atoms with Crippen molar-refractivity contribution < 1.29 is 29.3 Å². The Morgan fingerprint density at radius 3 is 1.98 bits per heavy atom. The number of amides is 1. The van der Waals surface area contributed by atoms with Gasteiger partial charge in [0, 0.05) is 12.8 Å². The molecule has 10 unspecified atom stereocenters. The fraction of sp³-hybridized carbons (Fsp3) is 0.700. The average molecular weight is 788 g/mol. The first-order chi connectivity index (χ1) is 27.5. The van der Waals surface area contributed by atoms with E-state index in [9.17, 15) is 19.5 Å². The lowest BCUT2D eigenvalue weighted by molar-refractivity contribution is -0.181. The minimum absolute atomic E-state index is 0.0127. The Labute approximate surface area is 345 Å². The van der Waals surface area contributed by atoms with Gasteiger partial charge in [-0.15, -0.1) is 0 Å². The maximum atomic E-state index is 12.9. The maximum Gasteiger partial charge on any atom is 0.322 e. The van der Waals surface area contributed by atoms with E-state index in [4.69, 9.17) is 9.84 Å². The molecule has 7 nitrogen and oxygen atoms in total. The summed E-state index contributed by atoms with van der Waals surface area (Å²) in [5.74, 6) is 1.47. The number of rotatable bonds is 23. The number of carbonyl (C=O) groups is 3. The lowest BCUT2D eigenvalue weighted by Gasteiger charge is -2.62. The van der Waals surface area contributed by atoms with E-state index in [1.54, 1.807) is 0 Å². The van der Waals surface area contributed by atoms with Gasteiger partial charge >= 0.3 is 11.9 Å². The van der Waals surface area contributed by atoms with Crippen LogP contribution in [-0.2, 0) is 19.1 Å². The molecule has 4 saturated carbocycles. The monoisotopic (exact) mass is 788 g/mol. The molecule has 57 heavy (non-hydrogen) atoms. The van der Waals surface area contributed by atoms with Gasteiger partial charge in [0.15, 0.2) is 0 Å². The van der Waals surface area contributed by atoms with Crippen molar-refractivity contribution >= 4 is 17.8 Å². The molecule has 3 N–H and O–H groups in total. The van der Waals surface area contributed by atoms with Gasteiger partial charge in [-0.2, -0.15) is 0 Å². The molecule has 0 aliphatic heterocycles. The smallest absolute Gasteiger partial charge is 0.322 e. The molecule has 318 valence electrons. The van der Waals surface area contributed by atoms with Gasteiger partial charge in [-0.1, -0.05) is 101 Å². The van der Waals surface area contributed by atoms with Crippen LogP contribution in [0.25, 0.3) is 0 Å². The fourth-order valence-electron chi connectivity index (χ4n) is 11.5. The molecule has 0 radical (unpaired) electrons. The summed E-state index contributed by atoms with van der Waals surface area (Å²) in [6, 6.07) is 0. The lowest BCUT2D eigenvalue weighted by Crippen LogP contribution is -2.59. The third kappa shape index (κ3) is 13.7.